The normalized spacial score (nSPS) is 31.6. The zero-order valence-corrected chi connectivity index (χ0v) is 11.5. The molecule has 2 saturated heterocycles. The fourth-order valence-electron chi connectivity index (χ4n) is 3.92. The molecule has 4 unspecified atom stereocenters. The Kier molecular flexibility index (Phi) is 3.09. The third-order valence-electron chi connectivity index (χ3n) is 4.91. The average Bonchev–Trinajstić information content (AvgIpc) is 2.96. The van der Waals surface area contributed by atoms with E-state index in [1.165, 1.54) is 11.1 Å². The van der Waals surface area contributed by atoms with Crippen LogP contribution in [0.5, 0.6) is 0 Å². The molecule has 0 aromatic heterocycles. The number of nitrogens with zero attached hydrogens (tertiary/aromatic N) is 1. The summed E-state index contributed by atoms with van der Waals surface area (Å²) in [5, 5.41) is 9.32. The molecule has 3 rings (SSSR count). The van der Waals surface area contributed by atoms with Crippen molar-refractivity contribution in [1.29, 1.82) is 0 Å². The lowest BCUT2D eigenvalue weighted by atomic mass is 9.89. The lowest BCUT2D eigenvalue weighted by Crippen LogP contribution is -2.34. The van der Waals surface area contributed by atoms with Crippen molar-refractivity contribution in [2.24, 2.45) is 5.92 Å². The maximum absolute atomic E-state index is 11.3. The molecule has 1 aromatic carbocycles. The van der Waals surface area contributed by atoms with Gasteiger partial charge in [0.15, 0.2) is 0 Å². The lowest BCUT2D eigenvalue weighted by Gasteiger charge is -2.30. The fourth-order valence-corrected chi connectivity index (χ4v) is 3.92. The van der Waals surface area contributed by atoms with Crippen molar-refractivity contribution in [2.75, 3.05) is 0 Å². The van der Waals surface area contributed by atoms with Gasteiger partial charge in [-0.05, 0) is 38.7 Å². The number of carboxylic acids is 1. The first-order valence-corrected chi connectivity index (χ1v) is 7.14. The third kappa shape index (κ3) is 2.06. The third-order valence-corrected chi connectivity index (χ3v) is 4.91. The van der Waals surface area contributed by atoms with E-state index < -0.39 is 5.97 Å². The second-order valence-corrected chi connectivity index (χ2v) is 6.01. The molecule has 0 amide bonds. The van der Waals surface area contributed by atoms with Gasteiger partial charge < -0.3 is 5.11 Å². The van der Waals surface area contributed by atoms with Crippen LogP contribution in [-0.4, -0.2) is 28.1 Å². The minimum absolute atomic E-state index is 0.161. The van der Waals surface area contributed by atoms with Crippen LogP contribution in [0.1, 0.15) is 43.4 Å². The van der Waals surface area contributed by atoms with Crippen molar-refractivity contribution in [3.05, 3.63) is 35.4 Å². The Morgan fingerprint density at radius 1 is 1.32 bits per heavy atom. The van der Waals surface area contributed by atoms with Gasteiger partial charge >= 0.3 is 5.97 Å². The minimum atomic E-state index is -0.617. The quantitative estimate of drug-likeness (QED) is 0.907. The lowest BCUT2D eigenvalue weighted by molar-refractivity contribution is -0.142. The molecule has 2 fully saturated rings. The molecule has 19 heavy (non-hydrogen) atoms. The van der Waals surface area contributed by atoms with Gasteiger partial charge in [0.25, 0.3) is 0 Å². The van der Waals surface area contributed by atoms with Gasteiger partial charge in [0, 0.05) is 18.1 Å². The minimum Gasteiger partial charge on any atom is -0.481 e. The number of carbonyl (C=O) groups is 1. The smallest absolute Gasteiger partial charge is 0.308 e. The van der Waals surface area contributed by atoms with Crippen molar-refractivity contribution in [1.82, 2.24) is 4.90 Å². The van der Waals surface area contributed by atoms with Crippen LogP contribution in [0.25, 0.3) is 0 Å². The van der Waals surface area contributed by atoms with Crippen LogP contribution in [0.4, 0.5) is 0 Å². The Morgan fingerprint density at radius 2 is 2.00 bits per heavy atom. The summed E-state index contributed by atoms with van der Waals surface area (Å²) >= 11 is 0. The van der Waals surface area contributed by atoms with Gasteiger partial charge in [-0.1, -0.05) is 29.8 Å². The van der Waals surface area contributed by atoms with E-state index in [0.717, 1.165) is 19.3 Å². The van der Waals surface area contributed by atoms with E-state index in [-0.39, 0.29) is 12.0 Å². The Labute approximate surface area is 114 Å². The number of rotatable bonds is 3. The second-order valence-electron chi connectivity index (χ2n) is 6.01. The monoisotopic (exact) mass is 259 g/mol. The van der Waals surface area contributed by atoms with E-state index in [9.17, 15) is 9.90 Å². The molecular formula is C16H21NO2. The molecule has 2 aliphatic heterocycles. The predicted octanol–water partition coefficient (Wildman–Crippen LogP) is 2.99. The van der Waals surface area contributed by atoms with E-state index in [1.807, 2.05) is 0 Å². The van der Waals surface area contributed by atoms with Crippen molar-refractivity contribution in [2.45, 2.75) is 51.2 Å². The average molecular weight is 259 g/mol. The number of benzene rings is 1. The van der Waals surface area contributed by atoms with Crippen LogP contribution in [0.3, 0.4) is 0 Å². The summed E-state index contributed by atoms with van der Waals surface area (Å²) in [6.07, 6.45) is 3.03. The zero-order valence-electron chi connectivity index (χ0n) is 11.5. The van der Waals surface area contributed by atoms with Gasteiger partial charge in [-0.3, -0.25) is 9.69 Å². The summed E-state index contributed by atoms with van der Waals surface area (Å²) in [7, 11) is 0. The molecule has 0 saturated carbocycles. The maximum atomic E-state index is 11.3. The Morgan fingerprint density at radius 3 is 2.58 bits per heavy atom. The van der Waals surface area contributed by atoms with Crippen LogP contribution in [0.15, 0.2) is 24.3 Å². The first kappa shape index (κ1) is 12.7. The first-order chi connectivity index (χ1) is 9.08. The van der Waals surface area contributed by atoms with Crippen molar-refractivity contribution in [3.63, 3.8) is 0 Å². The molecule has 1 N–H and O–H groups in total. The number of fused-ring (bicyclic) bond motifs is 2. The molecule has 3 nitrogen and oxygen atoms in total. The molecule has 2 bridgehead atoms. The number of hydrogen-bond donors (Lipinski definition) is 1. The van der Waals surface area contributed by atoms with Gasteiger partial charge in [0.2, 0.25) is 0 Å². The summed E-state index contributed by atoms with van der Waals surface area (Å²) in [4.78, 5) is 13.8. The highest BCUT2D eigenvalue weighted by Gasteiger charge is 2.50. The van der Waals surface area contributed by atoms with E-state index in [0.29, 0.717) is 12.1 Å². The van der Waals surface area contributed by atoms with Crippen LogP contribution >= 0.6 is 0 Å². The molecular weight excluding hydrogens is 238 g/mol. The molecule has 2 aliphatic rings. The zero-order chi connectivity index (χ0) is 13.6. The highest BCUT2D eigenvalue weighted by molar-refractivity contribution is 5.71. The molecule has 0 radical (unpaired) electrons. The van der Waals surface area contributed by atoms with Crippen molar-refractivity contribution < 1.29 is 9.90 Å². The summed E-state index contributed by atoms with van der Waals surface area (Å²) in [6.45, 7) is 4.30. The van der Waals surface area contributed by atoms with Crippen LogP contribution < -0.4 is 0 Å². The molecule has 1 aromatic rings. The van der Waals surface area contributed by atoms with Gasteiger partial charge in [0.05, 0.1) is 5.92 Å². The predicted molar refractivity (Wildman–Crippen MR) is 74.0 cm³/mol. The van der Waals surface area contributed by atoms with Gasteiger partial charge in [-0.2, -0.15) is 0 Å². The Hall–Kier alpha value is -1.35. The van der Waals surface area contributed by atoms with Crippen LogP contribution in [0, 0.1) is 12.8 Å². The molecule has 4 atom stereocenters. The van der Waals surface area contributed by atoms with E-state index in [1.54, 1.807) is 0 Å². The fraction of sp³-hybridized carbons (Fsp3) is 0.562. The molecule has 0 aliphatic carbocycles. The Balaban J connectivity index is 1.83. The number of carboxylic acid groups (broad SMARTS) is 1. The van der Waals surface area contributed by atoms with Crippen molar-refractivity contribution in [3.8, 4) is 0 Å². The Bertz CT molecular complexity index is 482. The van der Waals surface area contributed by atoms with Gasteiger partial charge in [-0.25, -0.2) is 0 Å². The van der Waals surface area contributed by atoms with Gasteiger partial charge in [-0.15, -0.1) is 0 Å². The van der Waals surface area contributed by atoms with Gasteiger partial charge in [0.1, 0.15) is 0 Å². The van der Waals surface area contributed by atoms with Crippen LogP contribution in [-0.2, 0) is 4.79 Å². The first-order valence-electron chi connectivity index (χ1n) is 7.14. The topological polar surface area (TPSA) is 40.5 Å². The van der Waals surface area contributed by atoms with Crippen LogP contribution in [0.2, 0.25) is 0 Å². The highest BCUT2D eigenvalue weighted by atomic mass is 16.4. The van der Waals surface area contributed by atoms with E-state index >= 15 is 0 Å². The molecule has 2 heterocycles. The summed E-state index contributed by atoms with van der Waals surface area (Å²) in [5.41, 5.74) is 2.57. The number of hydrogen-bond acceptors (Lipinski definition) is 2. The molecule has 102 valence electrons. The maximum Gasteiger partial charge on any atom is 0.308 e. The van der Waals surface area contributed by atoms with E-state index in [4.69, 9.17) is 0 Å². The number of aliphatic carboxylic acids is 1. The SMILES string of the molecule is Cc1ccc(C(C)N2C3CCC2C(C(=O)O)C3)cc1. The summed E-state index contributed by atoms with van der Waals surface area (Å²) < 4.78 is 0. The summed E-state index contributed by atoms with van der Waals surface area (Å²) in [5.74, 6) is -0.778. The van der Waals surface area contributed by atoms with E-state index in [2.05, 4.69) is 43.0 Å². The summed E-state index contributed by atoms with van der Waals surface area (Å²) in [6, 6.07) is 9.64. The van der Waals surface area contributed by atoms with Crippen molar-refractivity contribution >= 4 is 5.97 Å². The standard InChI is InChI=1S/C16H21NO2/c1-10-3-5-12(6-4-10)11(2)17-13-7-8-15(17)14(9-13)16(18)19/h3-6,11,13-15H,7-9H2,1-2H3,(H,18,19). The second kappa shape index (κ2) is 4.64. The number of aryl methyl sites for hydroxylation is 1. The molecule has 0 spiro atoms. The largest absolute Gasteiger partial charge is 0.481 e. The molecule has 3 heteroatoms. The highest BCUT2D eigenvalue weighted by Crippen LogP contribution is 2.46.